The predicted molar refractivity (Wildman–Crippen MR) is 116 cm³/mol. The van der Waals surface area contributed by atoms with E-state index in [1.807, 2.05) is 18.2 Å². The standard InChI is InChI=1S/C24H26N4O3/c29-22-8-7-21(23(30)27-22)28-14-17-6-5-15(11-19(17)24(28)31)12-25-10-9-16-13-26-20-4-2-1-3-18(16)20/h1-6,11,16,21,25-26H,7-10,12-14H2,(H,27,29,30). The molecule has 0 aliphatic carbocycles. The number of carbonyl (C=O) groups excluding carboxylic acids is 3. The third-order valence-corrected chi connectivity index (χ3v) is 6.53. The van der Waals surface area contributed by atoms with Crippen LogP contribution in [0.2, 0.25) is 0 Å². The van der Waals surface area contributed by atoms with Crippen LogP contribution < -0.4 is 16.0 Å². The number of fused-ring (bicyclic) bond motifs is 2. The maximum atomic E-state index is 12.9. The maximum Gasteiger partial charge on any atom is 0.255 e. The summed E-state index contributed by atoms with van der Waals surface area (Å²) in [5.74, 6) is -0.245. The molecule has 3 aliphatic heterocycles. The highest BCUT2D eigenvalue weighted by Crippen LogP contribution is 2.33. The highest BCUT2D eigenvalue weighted by molar-refractivity contribution is 6.05. The summed E-state index contributed by atoms with van der Waals surface area (Å²) in [4.78, 5) is 38.1. The zero-order valence-electron chi connectivity index (χ0n) is 17.3. The summed E-state index contributed by atoms with van der Waals surface area (Å²) in [6.07, 6.45) is 1.71. The van der Waals surface area contributed by atoms with Crippen molar-refractivity contribution in [2.75, 3.05) is 18.4 Å². The van der Waals surface area contributed by atoms with Gasteiger partial charge in [-0.25, -0.2) is 0 Å². The topological polar surface area (TPSA) is 90.5 Å². The molecule has 0 bridgehead atoms. The van der Waals surface area contributed by atoms with Gasteiger partial charge in [-0.15, -0.1) is 0 Å². The molecule has 0 saturated carbocycles. The molecule has 1 fully saturated rings. The first-order valence-electron chi connectivity index (χ1n) is 10.9. The summed E-state index contributed by atoms with van der Waals surface area (Å²) in [6, 6.07) is 13.9. The highest BCUT2D eigenvalue weighted by Gasteiger charge is 2.39. The molecule has 31 heavy (non-hydrogen) atoms. The van der Waals surface area contributed by atoms with Gasteiger partial charge in [0.2, 0.25) is 11.8 Å². The number of para-hydroxylation sites is 1. The van der Waals surface area contributed by atoms with Crippen molar-refractivity contribution in [1.82, 2.24) is 15.5 Å². The highest BCUT2D eigenvalue weighted by atomic mass is 16.2. The molecule has 2 aromatic rings. The second kappa shape index (κ2) is 8.15. The van der Waals surface area contributed by atoms with Gasteiger partial charge in [-0.05, 0) is 48.2 Å². The van der Waals surface area contributed by atoms with Gasteiger partial charge in [0.05, 0.1) is 0 Å². The molecular formula is C24H26N4O3. The minimum atomic E-state index is -0.568. The third-order valence-electron chi connectivity index (χ3n) is 6.53. The Bertz CT molecular complexity index is 1050. The molecule has 3 amide bonds. The zero-order chi connectivity index (χ0) is 21.4. The lowest BCUT2D eigenvalue weighted by Crippen LogP contribution is -2.52. The first-order chi connectivity index (χ1) is 15.1. The van der Waals surface area contributed by atoms with Crippen LogP contribution in [0.1, 0.15) is 52.2 Å². The van der Waals surface area contributed by atoms with Crippen molar-refractivity contribution < 1.29 is 14.4 Å². The predicted octanol–water partition coefficient (Wildman–Crippen LogP) is 2.14. The average molecular weight is 418 g/mol. The fourth-order valence-corrected chi connectivity index (χ4v) is 4.84. The number of amides is 3. The number of piperidine rings is 1. The summed E-state index contributed by atoms with van der Waals surface area (Å²) < 4.78 is 0. The smallest absolute Gasteiger partial charge is 0.255 e. The number of nitrogens with zero attached hydrogens (tertiary/aromatic N) is 1. The van der Waals surface area contributed by atoms with Crippen LogP contribution >= 0.6 is 0 Å². The molecular weight excluding hydrogens is 392 g/mol. The number of carbonyl (C=O) groups is 3. The average Bonchev–Trinajstić information content (AvgIpc) is 3.33. The van der Waals surface area contributed by atoms with Crippen molar-refractivity contribution in [3.8, 4) is 0 Å². The molecule has 0 radical (unpaired) electrons. The molecule has 7 nitrogen and oxygen atoms in total. The van der Waals surface area contributed by atoms with Gasteiger partial charge in [0, 0.05) is 43.2 Å². The summed E-state index contributed by atoms with van der Waals surface area (Å²) in [5.41, 5.74) is 5.29. The summed E-state index contributed by atoms with van der Waals surface area (Å²) in [6.45, 7) is 2.99. The number of nitrogens with one attached hydrogen (secondary N) is 3. The zero-order valence-corrected chi connectivity index (χ0v) is 17.3. The Kier molecular flexibility index (Phi) is 5.19. The Morgan fingerprint density at radius 2 is 1.97 bits per heavy atom. The quantitative estimate of drug-likeness (QED) is 0.494. The number of hydrogen-bond donors (Lipinski definition) is 3. The Morgan fingerprint density at radius 3 is 2.84 bits per heavy atom. The minimum absolute atomic E-state index is 0.125. The molecule has 3 heterocycles. The summed E-state index contributed by atoms with van der Waals surface area (Å²) >= 11 is 0. The Balaban J connectivity index is 1.17. The monoisotopic (exact) mass is 418 g/mol. The molecule has 0 aromatic heterocycles. The summed E-state index contributed by atoms with van der Waals surface area (Å²) in [5, 5.41) is 9.30. The molecule has 2 unspecified atom stereocenters. The van der Waals surface area contributed by atoms with Crippen LogP contribution in [0.15, 0.2) is 42.5 Å². The van der Waals surface area contributed by atoms with Crippen LogP contribution in [0.25, 0.3) is 0 Å². The van der Waals surface area contributed by atoms with Crippen LogP contribution in [-0.4, -0.2) is 41.8 Å². The van der Waals surface area contributed by atoms with Gasteiger partial charge in [0.25, 0.3) is 5.91 Å². The molecule has 0 spiro atoms. The molecule has 3 N–H and O–H groups in total. The fraction of sp³-hybridized carbons (Fsp3) is 0.375. The second-order valence-electron chi connectivity index (χ2n) is 8.52. The third kappa shape index (κ3) is 3.81. The molecule has 2 aromatic carbocycles. The van der Waals surface area contributed by atoms with E-state index in [1.165, 1.54) is 11.3 Å². The largest absolute Gasteiger partial charge is 0.384 e. The van der Waals surface area contributed by atoms with Crippen LogP contribution in [0, 0.1) is 0 Å². The molecule has 3 aliphatic rings. The summed E-state index contributed by atoms with van der Waals surface area (Å²) in [7, 11) is 0. The van der Waals surface area contributed by atoms with Gasteiger partial charge < -0.3 is 15.5 Å². The van der Waals surface area contributed by atoms with Gasteiger partial charge in [-0.2, -0.15) is 0 Å². The van der Waals surface area contributed by atoms with Crippen LogP contribution in [0.4, 0.5) is 5.69 Å². The van der Waals surface area contributed by atoms with Gasteiger partial charge in [0.15, 0.2) is 0 Å². The molecule has 160 valence electrons. The van der Waals surface area contributed by atoms with Gasteiger partial charge in [-0.1, -0.05) is 30.3 Å². The second-order valence-corrected chi connectivity index (χ2v) is 8.52. The van der Waals surface area contributed by atoms with Crippen molar-refractivity contribution in [2.45, 2.75) is 44.3 Å². The van der Waals surface area contributed by atoms with Crippen molar-refractivity contribution in [3.05, 3.63) is 64.7 Å². The fourth-order valence-electron chi connectivity index (χ4n) is 4.84. The van der Waals surface area contributed by atoms with Crippen molar-refractivity contribution in [3.63, 3.8) is 0 Å². The van der Waals surface area contributed by atoms with Gasteiger partial charge >= 0.3 is 0 Å². The van der Waals surface area contributed by atoms with Crippen LogP contribution in [0.5, 0.6) is 0 Å². The van der Waals surface area contributed by atoms with E-state index in [9.17, 15) is 14.4 Å². The van der Waals surface area contributed by atoms with Crippen LogP contribution in [0.3, 0.4) is 0 Å². The van der Waals surface area contributed by atoms with E-state index in [0.29, 0.717) is 31.0 Å². The first kappa shape index (κ1) is 19.8. The maximum absolute atomic E-state index is 12.9. The lowest BCUT2D eigenvalue weighted by atomic mass is 9.98. The Morgan fingerprint density at radius 1 is 1.10 bits per heavy atom. The van der Waals surface area contributed by atoms with E-state index < -0.39 is 6.04 Å². The van der Waals surface area contributed by atoms with Gasteiger partial charge in [-0.3, -0.25) is 19.7 Å². The molecule has 2 atom stereocenters. The van der Waals surface area contributed by atoms with Crippen LogP contribution in [-0.2, 0) is 22.7 Å². The lowest BCUT2D eigenvalue weighted by Gasteiger charge is -2.29. The van der Waals surface area contributed by atoms with E-state index in [4.69, 9.17) is 0 Å². The van der Waals surface area contributed by atoms with Gasteiger partial charge in [0.1, 0.15) is 6.04 Å². The number of imide groups is 1. The molecule has 7 heteroatoms. The SMILES string of the molecule is O=C1CCC(N2Cc3ccc(CNCCC4CNc5ccccc54)cc3C2=O)C(=O)N1. The normalized spacial score (nSPS) is 22.2. The Labute approximate surface area is 181 Å². The lowest BCUT2D eigenvalue weighted by molar-refractivity contribution is -0.136. The number of rotatable bonds is 6. The Hall–Kier alpha value is -3.19. The van der Waals surface area contributed by atoms with Crippen molar-refractivity contribution in [1.29, 1.82) is 0 Å². The molecule has 1 saturated heterocycles. The van der Waals surface area contributed by atoms with E-state index in [2.05, 4.69) is 40.2 Å². The number of hydrogen-bond acceptors (Lipinski definition) is 5. The van der Waals surface area contributed by atoms with E-state index in [-0.39, 0.29) is 24.1 Å². The minimum Gasteiger partial charge on any atom is -0.384 e. The van der Waals surface area contributed by atoms with E-state index >= 15 is 0 Å². The van der Waals surface area contributed by atoms with E-state index in [0.717, 1.165) is 30.6 Å². The van der Waals surface area contributed by atoms with Crippen molar-refractivity contribution in [2.24, 2.45) is 0 Å². The first-order valence-corrected chi connectivity index (χ1v) is 10.9. The number of benzene rings is 2. The van der Waals surface area contributed by atoms with Crippen molar-refractivity contribution >= 4 is 23.4 Å². The molecule has 5 rings (SSSR count). The van der Waals surface area contributed by atoms with E-state index in [1.54, 1.807) is 4.90 Å². The number of anilines is 1.